The fraction of sp³-hybridized carbons (Fsp3) is 0.190. The van der Waals surface area contributed by atoms with Gasteiger partial charge in [0.1, 0.15) is 10.5 Å². The highest BCUT2D eigenvalue weighted by Crippen LogP contribution is 2.39. The van der Waals surface area contributed by atoms with E-state index in [0.717, 1.165) is 34.6 Å². The first-order valence-electron chi connectivity index (χ1n) is 8.70. The normalized spacial score (nSPS) is 11.9. The average molecular weight is 410 g/mol. The van der Waals surface area contributed by atoms with Crippen molar-refractivity contribution in [2.45, 2.75) is 25.9 Å². The van der Waals surface area contributed by atoms with Gasteiger partial charge in [-0.3, -0.25) is 0 Å². The molecule has 0 spiro atoms. The Hall–Kier alpha value is -2.17. The molecule has 0 amide bonds. The highest BCUT2D eigenvalue weighted by molar-refractivity contribution is 7.24. The van der Waals surface area contributed by atoms with Crippen LogP contribution in [0.25, 0.3) is 10.2 Å². The third-order valence-electron chi connectivity index (χ3n) is 4.01. The van der Waals surface area contributed by atoms with Crippen LogP contribution in [0, 0.1) is 11.8 Å². The monoisotopic (exact) mass is 409 g/mol. The lowest BCUT2D eigenvalue weighted by atomic mass is 10.1. The van der Waals surface area contributed by atoms with Crippen LogP contribution in [0.1, 0.15) is 27.8 Å². The molecule has 3 N–H and O–H groups in total. The maximum absolute atomic E-state index is 6.08. The summed E-state index contributed by atoms with van der Waals surface area (Å²) in [5.41, 5.74) is 9.11. The molecule has 0 aliphatic carbocycles. The molecule has 0 saturated heterocycles. The number of hydrogen-bond acceptors (Lipinski definition) is 6. The van der Waals surface area contributed by atoms with E-state index in [2.05, 4.69) is 34.7 Å². The summed E-state index contributed by atoms with van der Waals surface area (Å²) in [5.74, 6) is 6.64. The molecule has 4 rings (SSSR count). The zero-order chi connectivity index (χ0) is 18.6. The summed E-state index contributed by atoms with van der Waals surface area (Å²) in [6, 6.07) is 14.4. The molecule has 0 fully saturated rings. The minimum Gasteiger partial charge on any atom is -0.370 e. The van der Waals surface area contributed by atoms with E-state index in [0.29, 0.717) is 0 Å². The van der Waals surface area contributed by atoms with Crippen LogP contribution in [0.3, 0.4) is 0 Å². The number of thiophene rings is 2. The van der Waals surface area contributed by atoms with E-state index in [1.807, 2.05) is 37.3 Å². The van der Waals surface area contributed by atoms with Crippen LogP contribution in [0.15, 0.2) is 47.8 Å². The van der Waals surface area contributed by atoms with Crippen LogP contribution in [0.5, 0.6) is 0 Å². The van der Waals surface area contributed by atoms with Crippen molar-refractivity contribution in [3.8, 4) is 11.8 Å². The SMILES string of the molecule is C[C@H](N)Cc1sc2c(NCc3cccs3)snc2c1C#Cc1ccccc1. The minimum atomic E-state index is 0.0937. The van der Waals surface area contributed by atoms with Gasteiger partial charge in [-0.1, -0.05) is 36.1 Å². The highest BCUT2D eigenvalue weighted by Gasteiger charge is 2.18. The van der Waals surface area contributed by atoms with Gasteiger partial charge in [0.05, 0.1) is 16.8 Å². The van der Waals surface area contributed by atoms with Gasteiger partial charge < -0.3 is 11.1 Å². The van der Waals surface area contributed by atoms with Crippen LogP contribution in [0.2, 0.25) is 0 Å². The van der Waals surface area contributed by atoms with Crippen molar-refractivity contribution in [3.63, 3.8) is 0 Å². The summed E-state index contributed by atoms with van der Waals surface area (Å²) in [6.45, 7) is 2.85. The molecule has 0 bridgehead atoms. The summed E-state index contributed by atoms with van der Waals surface area (Å²) in [6.07, 6.45) is 0.814. The molecule has 0 aliphatic rings. The van der Waals surface area contributed by atoms with Gasteiger partial charge in [0.15, 0.2) is 0 Å². The lowest BCUT2D eigenvalue weighted by molar-refractivity contribution is 0.746. The molecule has 3 aromatic heterocycles. The van der Waals surface area contributed by atoms with E-state index in [4.69, 9.17) is 10.1 Å². The van der Waals surface area contributed by atoms with E-state index in [-0.39, 0.29) is 6.04 Å². The first-order valence-corrected chi connectivity index (χ1v) is 11.2. The van der Waals surface area contributed by atoms with E-state index in [1.54, 1.807) is 22.7 Å². The predicted octanol–water partition coefficient (Wildman–Crippen LogP) is 5.32. The van der Waals surface area contributed by atoms with Gasteiger partial charge in [-0.15, -0.1) is 22.7 Å². The fourth-order valence-corrected chi connectivity index (χ4v) is 5.63. The number of aromatic nitrogens is 1. The summed E-state index contributed by atoms with van der Waals surface area (Å²) in [4.78, 5) is 2.53. The third-order valence-corrected chi connectivity index (χ3v) is 7.04. The van der Waals surface area contributed by atoms with E-state index < -0.39 is 0 Å². The number of nitrogens with one attached hydrogen (secondary N) is 1. The third kappa shape index (κ3) is 4.23. The number of rotatable bonds is 5. The van der Waals surface area contributed by atoms with Gasteiger partial charge in [0, 0.05) is 21.4 Å². The molecule has 4 aromatic rings. The number of hydrogen-bond donors (Lipinski definition) is 2. The van der Waals surface area contributed by atoms with Gasteiger partial charge in [-0.05, 0) is 48.5 Å². The summed E-state index contributed by atoms with van der Waals surface area (Å²) >= 11 is 5.03. The van der Waals surface area contributed by atoms with Crippen molar-refractivity contribution in [2.24, 2.45) is 5.73 Å². The average Bonchev–Trinajstić information content (AvgIpc) is 3.37. The van der Waals surface area contributed by atoms with E-state index in [9.17, 15) is 0 Å². The Morgan fingerprint density at radius 1 is 1.15 bits per heavy atom. The quantitative estimate of drug-likeness (QED) is 0.439. The topological polar surface area (TPSA) is 50.9 Å². The largest absolute Gasteiger partial charge is 0.370 e. The second-order valence-corrected chi connectivity index (χ2v) is 9.23. The Balaban J connectivity index is 1.69. The maximum atomic E-state index is 6.08. The molecular formula is C21H19N3S3. The van der Waals surface area contributed by atoms with E-state index >= 15 is 0 Å². The van der Waals surface area contributed by atoms with Crippen molar-refractivity contribution in [3.05, 3.63) is 68.7 Å². The van der Waals surface area contributed by atoms with Crippen molar-refractivity contribution in [1.29, 1.82) is 0 Å². The summed E-state index contributed by atoms with van der Waals surface area (Å²) < 4.78 is 5.89. The van der Waals surface area contributed by atoms with Crippen molar-refractivity contribution in [2.75, 3.05) is 5.32 Å². The summed E-state index contributed by atoms with van der Waals surface area (Å²) in [5, 5.41) is 6.75. The maximum Gasteiger partial charge on any atom is 0.127 e. The number of fused-ring (bicyclic) bond motifs is 1. The Bertz CT molecular complexity index is 1080. The molecule has 3 nitrogen and oxygen atoms in total. The van der Waals surface area contributed by atoms with Crippen LogP contribution >= 0.6 is 34.2 Å². The second-order valence-electron chi connectivity index (χ2n) is 6.32. The molecule has 3 heterocycles. The first-order chi connectivity index (χ1) is 13.2. The molecule has 0 unspecified atom stereocenters. The standard InChI is InChI=1S/C21H19N3S3/c1-14(22)12-18-17(10-9-15-6-3-2-4-7-15)19-20(26-18)21(27-24-19)23-13-16-8-5-11-25-16/h2-8,11,14,23H,12-13,22H2,1H3/t14-/m0/s1. The Morgan fingerprint density at radius 3 is 2.74 bits per heavy atom. The number of nitrogens with two attached hydrogens (primary N) is 1. The zero-order valence-corrected chi connectivity index (χ0v) is 17.3. The van der Waals surface area contributed by atoms with Gasteiger partial charge in [0.25, 0.3) is 0 Å². The lowest BCUT2D eigenvalue weighted by Gasteiger charge is -2.03. The molecule has 1 atom stereocenters. The van der Waals surface area contributed by atoms with Crippen LogP contribution in [-0.4, -0.2) is 10.4 Å². The Kier molecular flexibility index (Phi) is 5.55. The van der Waals surface area contributed by atoms with Gasteiger partial charge in [-0.25, -0.2) is 0 Å². The van der Waals surface area contributed by atoms with Gasteiger partial charge >= 0.3 is 0 Å². The Morgan fingerprint density at radius 2 is 2.00 bits per heavy atom. The molecular weight excluding hydrogens is 390 g/mol. The van der Waals surface area contributed by atoms with E-state index in [1.165, 1.54) is 26.0 Å². The minimum absolute atomic E-state index is 0.0937. The molecule has 6 heteroatoms. The van der Waals surface area contributed by atoms with Crippen molar-refractivity contribution < 1.29 is 0 Å². The number of anilines is 1. The van der Waals surface area contributed by atoms with Crippen molar-refractivity contribution in [1.82, 2.24) is 4.37 Å². The first kappa shape index (κ1) is 18.2. The number of benzene rings is 1. The van der Waals surface area contributed by atoms with Crippen molar-refractivity contribution >= 4 is 49.4 Å². The van der Waals surface area contributed by atoms with Crippen LogP contribution < -0.4 is 11.1 Å². The lowest BCUT2D eigenvalue weighted by Crippen LogP contribution is -2.17. The second kappa shape index (κ2) is 8.24. The van der Waals surface area contributed by atoms with Gasteiger partial charge in [0.2, 0.25) is 0 Å². The Labute approximate surface area is 171 Å². The molecule has 27 heavy (non-hydrogen) atoms. The zero-order valence-electron chi connectivity index (χ0n) is 14.9. The summed E-state index contributed by atoms with van der Waals surface area (Å²) in [7, 11) is 0. The molecule has 1 aromatic carbocycles. The van der Waals surface area contributed by atoms with Gasteiger partial charge in [-0.2, -0.15) is 4.37 Å². The fourth-order valence-electron chi connectivity index (χ4n) is 2.76. The predicted molar refractivity (Wildman–Crippen MR) is 119 cm³/mol. The molecule has 136 valence electrons. The van der Waals surface area contributed by atoms with Crippen LogP contribution in [-0.2, 0) is 13.0 Å². The highest BCUT2D eigenvalue weighted by atomic mass is 32.1. The van der Waals surface area contributed by atoms with Crippen LogP contribution in [0.4, 0.5) is 5.00 Å². The molecule has 0 aliphatic heterocycles. The smallest absolute Gasteiger partial charge is 0.127 e. The number of nitrogens with zero attached hydrogens (tertiary/aromatic N) is 1. The molecule has 0 saturated carbocycles. The molecule has 0 radical (unpaired) electrons.